The number of halogens is 1. The Kier molecular flexibility index (Phi) is 9.09. The number of aromatic nitrogens is 4. The molecule has 0 spiro atoms. The van der Waals surface area contributed by atoms with Gasteiger partial charge in [-0.05, 0) is 36.8 Å². The number of unbranched alkanes of at least 4 members (excludes halogenated alkanes) is 1. The van der Waals surface area contributed by atoms with Crippen molar-refractivity contribution in [2.24, 2.45) is 4.99 Å². The van der Waals surface area contributed by atoms with E-state index >= 15 is 0 Å². The lowest BCUT2D eigenvalue weighted by Crippen LogP contribution is -2.38. The van der Waals surface area contributed by atoms with E-state index in [-0.39, 0.29) is 24.0 Å². The SMILES string of the molecule is CN=C(NCCCCn1cnnc1)NCCCn1ccc2ccccc21.I. The van der Waals surface area contributed by atoms with Crippen molar-refractivity contribution in [2.75, 3.05) is 20.1 Å². The molecule has 0 bridgehead atoms. The molecule has 7 nitrogen and oxygen atoms in total. The second-order valence-corrected chi connectivity index (χ2v) is 6.25. The second-order valence-electron chi connectivity index (χ2n) is 6.25. The van der Waals surface area contributed by atoms with Gasteiger partial charge in [0.15, 0.2) is 5.96 Å². The van der Waals surface area contributed by atoms with Gasteiger partial charge >= 0.3 is 0 Å². The topological polar surface area (TPSA) is 72.1 Å². The van der Waals surface area contributed by atoms with E-state index in [4.69, 9.17) is 0 Å². The van der Waals surface area contributed by atoms with E-state index in [1.807, 2.05) is 11.6 Å². The Morgan fingerprint density at radius 1 is 0.963 bits per heavy atom. The van der Waals surface area contributed by atoms with Crippen LogP contribution in [0.3, 0.4) is 0 Å². The highest BCUT2D eigenvalue weighted by Gasteiger charge is 2.01. The summed E-state index contributed by atoms with van der Waals surface area (Å²) < 4.78 is 4.30. The molecule has 0 amide bonds. The van der Waals surface area contributed by atoms with Crippen LogP contribution in [0.1, 0.15) is 19.3 Å². The van der Waals surface area contributed by atoms with E-state index in [0.29, 0.717) is 0 Å². The van der Waals surface area contributed by atoms with Crippen LogP contribution in [0.25, 0.3) is 10.9 Å². The first-order valence-electron chi connectivity index (χ1n) is 9.17. The number of hydrogen-bond donors (Lipinski definition) is 2. The molecule has 1 aromatic carbocycles. The van der Waals surface area contributed by atoms with Gasteiger partial charge in [0.2, 0.25) is 0 Å². The summed E-state index contributed by atoms with van der Waals surface area (Å²) in [7, 11) is 1.81. The number of hydrogen-bond acceptors (Lipinski definition) is 3. The average Bonchev–Trinajstić information content (AvgIpc) is 3.33. The fourth-order valence-corrected chi connectivity index (χ4v) is 2.98. The van der Waals surface area contributed by atoms with Crippen molar-refractivity contribution in [1.29, 1.82) is 0 Å². The summed E-state index contributed by atoms with van der Waals surface area (Å²) in [5.74, 6) is 0.867. The summed E-state index contributed by atoms with van der Waals surface area (Å²) in [5.41, 5.74) is 1.29. The molecule has 0 aliphatic carbocycles. The van der Waals surface area contributed by atoms with Crippen molar-refractivity contribution in [2.45, 2.75) is 32.4 Å². The molecule has 0 saturated heterocycles. The Hall–Kier alpha value is -2.10. The Bertz CT molecular complexity index is 810. The number of aliphatic imine (C=N–C) groups is 1. The maximum atomic E-state index is 4.28. The largest absolute Gasteiger partial charge is 0.356 e. The van der Waals surface area contributed by atoms with Crippen LogP contribution in [0, 0.1) is 0 Å². The zero-order chi connectivity index (χ0) is 18.0. The first-order valence-corrected chi connectivity index (χ1v) is 9.17. The Balaban J connectivity index is 0.00000261. The number of rotatable bonds is 9. The molecular formula is C19H28IN7. The third-order valence-electron chi connectivity index (χ3n) is 4.37. The third-order valence-corrected chi connectivity index (χ3v) is 4.37. The Labute approximate surface area is 177 Å². The molecule has 0 radical (unpaired) electrons. The van der Waals surface area contributed by atoms with Gasteiger partial charge in [-0.1, -0.05) is 18.2 Å². The first-order chi connectivity index (χ1) is 12.9. The summed E-state index contributed by atoms with van der Waals surface area (Å²) in [6, 6.07) is 10.7. The third kappa shape index (κ3) is 6.53. The highest BCUT2D eigenvalue weighted by Crippen LogP contribution is 2.15. The predicted octanol–water partition coefficient (Wildman–Crippen LogP) is 2.89. The van der Waals surface area contributed by atoms with Gasteiger partial charge in [-0.2, -0.15) is 0 Å². The van der Waals surface area contributed by atoms with E-state index in [9.17, 15) is 0 Å². The molecule has 0 fully saturated rings. The van der Waals surface area contributed by atoms with Crippen LogP contribution in [0.5, 0.6) is 0 Å². The first kappa shape index (κ1) is 21.2. The summed E-state index contributed by atoms with van der Waals surface area (Å²) in [5, 5.41) is 15.7. The number of benzene rings is 1. The molecule has 0 unspecified atom stereocenters. The molecule has 3 aromatic rings. The molecule has 8 heteroatoms. The molecular weight excluding hydrogens is 453 g/mol. The molecule has 0 atom stereocenters. The number of fused-ring (bicyclic) bond motifs is 1. The molecule has 0 aliphatic heterocycles. The maximum Gasteiger partial charge on any atom is 0.190 e. The molecule has 27 heavy (non-hydrogen) atoms. The van der Waals surface area contributed by atoms with Crippen molar-refractivity contribution in [3.63, 3.8) is 0 Å². The number of nitrogens with zero attached hydrogens (tertiary/aromatic N) is 5. The summed E-state index contributed by atoms with van der Waals surface area (Å²) in [6.45, 7) is 3.75. The second kappa shape index (κ2) is 11.6. The summed E-state index contributed by atoms with van der Waals surface area (Å²) in [6.07, 6.45) is 8.88. The highest BCUT2D eigenvalue weighted by atomic mass is 127. The van der Waals surface area contributed by atoms with Crippen LogP contribution in [-0.4, -0.2) is 45.4 Å². The smallest absolute Gasteiger partial charge is 0.190 e. The molecule has 2 heterocycles. The van der Waals surface area contributed by atoms with Gasteiger partial charge in [0.25, 0.3) is 0 Å². The quantitative estimate of drug-likeness (QED) is 0.214. The van der Waals surface area contributed by atoms with Crippen LogP contribution in [0.2, 0.25) is 0 Å². The van der Waals surface area contributed by atoms with Gasteiger partial charge in [0.05, 0.1) is 0 Å². The zero-order valence-electron chi connectivity index (χ0n) is 15.7. The van der Waals surface area contributed by atoms with Gasteiger partial charge in [-0.15, -0.1) is 34.2 Å². The van der Waals surface area contributed by atoms with Gasteiger partial charge in [0, 0.05) is 44.9 Å². The molecule has 0 aliphatic rings. The Morgan fingerprint density at radius 2 is 1.70 bits per heavy atom. The molecule has 0 saturated carbocycles. The van der Waals surface area contributed by atoms with E-state index in [0.717, 1.165) is 51.4 Å². The van der Waals surface area contributed by atoms with Crippen molar-refractivity contribution in [3.8, 4) is 0 Å². The van der Waals surface area contributed by atoms with Crippen molar-refractivity contribution in [1.82, 2.24) is 30.0 Å². The van der Waals surface area contributed by atoms with Gasteiger partial charge in [0.1, 0.15) is 12.7 Å². The van der Waals surface area contributed by atoms with Crippen LogP contribution in [0.4, 0.5) is 0 Å². The number of guanidine groups is 1. The van der Waals surface area contributed by atoms with Crippen LogP contribution in [-0.2, 0) is 13.1 Å². The van der Waals surface area contributed by atoms with Crippen LogP contribution >= 0.6 is 24.0 Å². The number of nitrogens with one attached hydrogen (secondary N) is 2. The molecule has 146 valence electrons. The lowest BCUT2D eigenvalue weighted by Gasteiger charge is -2.12. The van der Waals surface area contributed by atoms with Crippen LogP contribution in [0.15, 0.2) is 54.2 Å². The highest BCUT2D eigenvalue weighted by molar-refractivity contribution is 14.0. The fourth-order valence-electron chi connectivity index (χ4n) is 2.98. The van der Waals surface area contributed by atoms with E-state index in [2.05, 4.69) is 66.9 Å². The van der Waals surface area contributed by atoms with Gasteiger partial charge in [-0.25, -0.2) is 0 Å². The molecule has 2 N–H and O–H groups in total. The lowest BCUT2D eigenvalue weighted by molar-refractivity contribution is 0.594. The summed E-state index contributed by atoms with van der Waals surface area (Å²) in [4.78, 5) is 4.28. The van der Waals surface area contributed by atoms with Crippen molar-refractivity contribution < 1.29 is 0 Å². The van der Waals surface area contributed by atoms with Gasteiger partial charge in [-0.3, -0.25) is 4.99 Å². The minimum Gasteiger partial charge on any atom is -0.356 e. The van der Waals surface area contributed by atoms with Crippen molar-refractivity contribution in [3.05, 3.63) is 49.2 Å². The summed E-state index contributed by atoms with van der Waals surface area (Å²) >= 11 is 0. The normalized spacial score (nSPS) is 11.4. The molecule has 3 rings (SSSR count). The van der Waals surface area contributed by atoms with E-state index in [1.165, 1.54) is 10.9 Å². The Morgan fingerprint density at radius 3 is 2.48 bits per heavy atom. The number of aryl methyl sites for hydroxylation is 2. The minimum absolute atomic E-state index is 0. The zero-order valence-corrected chi connectivity index (χ0v) is 18.0. The lowest BCUT2D eigenvalue weighted by atomic mass is 10.2. The van der Waals surface area contributed by atoms with Crippen molar-refractivity contribution >= 4 is 40.8 Å². The predicted molar refractivity (Wildman–Crippen MR) is 121 cm³/mol. The monoisotopic (exact) mass is 481 g/mol. The van der Waals surface area contributed by atoms with Gasteiger partial charge < -0.3 is 19.8 Å². The standard InChI is InChI=1S/C19H27N7.HI/c1-20-19(21-10-4-5-12-25-15-23-24-16-25)22-11-6-13-26-14-9-17-7-2-3-8-18(17)26;/h2-3,7-9,14-16H,4-6,10-13H2,1H3,(H2,20,21,22);1H. The average molecular weight is 481 g/mol. The van der Waals surface area contributed by atoms with Crippen LogP contribution < -0.4 is 10.6 Å². The number of para-hydroxylation sites is 1. The van der Waals surface area contributed by atoms with E-state index in [1.54, 1.807) is 12.7 Å². The fraction of sp³-hybridized carbons (Fsp3) is 0.421. The molecule has 2 aromatic heterocycles. The van der Waals surface area contributed by atoms with E-state index < -0.39 is 0 Å². The minimum atomic E-state index is 0. The maximum absolute atomic E-state index is 4.28.